The number of nitrogens with zero attached hydrogens (tertiary/aromatic N) is 3. The first-order chi connectivity index (χ1) is 14.5. The Labute approximate surface area is 181 Å². The molecule has 1 aromatic heterocycles. The van der Waals surface area contributed by atoms with Crippen molar-refractivity contribution in [2.75, 3.05) is 5.75 Å². The predicted molar refractivity (Wildman–Crippen MR) is 119 cm³/mol. The standard InChI is InChI=1S/C21H15ClN6OS/c22-13-7-5-12(6-8-13)14-3-1-2-4-15(14)19-16(9-23)20(29)27-21(17(19)10-24)30-11-18(25)28-26/h1-8H,11,26H2,(H2,25,28)(H,27,29). The van der Waals surface area contributed by atoms with Crippen molar-refractivity contribution in [3.63, 3.8) is 0 Å². The molecule has 0 amide bonds. The molecule has 0 spiro atoms. The van der Waals surface area contributed by atoms with Crippen LogP contribution in [0.1, 0.15) is 11.1 Å². The number of hydrazone groups is 1. The van der Waals surface area contributed by atoms with Crippen LogP contribution in [0.2, 0.25) is 5.02 Å². The number of rotatable bonds is 5. The Morgan fingerprint density at radius 1 is 1.07 bits per heavy atom. The number of pyridine rings is 1. The molecule has 0 atom stereocenters. The number of amidine groups is 1. The van der Waals surface area contributed by atoms with E-state index >= 15 is 0 Å². The summed E-state index contributed by atoms with van der Waals surface area (Å²) in [6, 6.07) is 18.5. The summed E-state index contributed by atoms with van der Waals surface area (Å²) in [4.78, 5) is 15.2. The summed E-state index contributed by atoms with van der Waals surface area (Å²) < 4.78 is 0. The van der Waals surface area contributed by atoms with Crippen molar-refractivity contribution in [1.29, 1.82) is 10.5 Å². The Hall–Kier alpha value is -3.72. The fraction of sp³-hybridized carbons (Fsp3) is 0.0476. The van der Waals surface area contributed by atoms with Gasteiger partial charge in [-0.3, -0.25) is 4.79 Å². The molecular formula is C21H15ClN6OS. The van der Waals surface area contributed by atoms with Crippen LogP contribution in [0.25, 0.3) is 22.3 Å². The van der Waals surface area contributed by atoms with Crippen LogP contribution in [0.3, 0.4) is 0 Å². The first-order valence-corrected chi connectivity index (χ1v) is 9.97. The highest BCUT2D eigenvalue weighted by molar-refractivity contribution is 8.00. The van der Waals surface area contributed by atoms with Gasteiger partial charge < -0.3 is 16.6 Å². The zero-order valence-corrected chi connectivity index (χ0v) is 17.1. The monoisotopic (exact) mass is 434 g/mol. The smallest absolute Gasteiger partial charge is 0.267 e. The normalized spacial score (nSPS) is 11.0. The SMILES string of the molecule is N#Cc1c(SC/C(N)=N/N)[nH]c(=O)c(C#N)c1-c1ccccc1-c1ccc(Cl)cc1. The van der Waals surface area contributed by atoms with Crippen LogP contribution in [-0.4, -0.2) is 16.6 Å². The Morgan fingerprint density at radius 2 is 1.70 bits per heavy atom. The van der Waals surface area contributed by atoms with E-state index in [9.17, 15) is 15.3 Å². The van der Waals surface area contributed by atoms with E-state index in [1.807, 2.05) is 30.3 Å². The van der Waals surface area contributed by atoms with E-state index in [0.717, 1.165) is 22.9 Å². The lowest BCUT2D eigenvalue weighted by molar-refractivity contribution is 1.05. The van der Waals surface area contributed by atoms with Gasteiger partial charge in [0.25, 0.3) is 5.56 Å². The molecule has 0 radical (unpaired) electrons. The highest BCUT2D eigenvalue weighted by Crippen LogP contribution is 2.37. The number of nitrogens with one attached hydrogen (secondary N) is 1. The summed E-state index contributed by atoms with van der Waals surface area (Å²) in [5.74, 6) is 5.48. The van der Waals surface area contributed by atoms with E-state index in [0.29, 0.717) is 10.6 Å². The van der Waals surface area contributed by atoms with E-state index in [1.54, 1.807) is 24.3 Å². The maximum atomic E-state index is 12.6. The van der Waals surface area contributed by atoms with Crippen LogP contribution in [0.15, 0.2) is 63.5 Å². The molecule has 9 heteroatoms. The van der Waals surface area contributed by atoms with Crippen LogP contribution in [0.4, 0.5) is 0 Å². The van der Waals surface area contributed by atoms with Gasteiger partial charge in [-0.25, -0.2) is 0 Å². The third-order valence-electron chi connectivity index (χ3n) is 4.29. The van der Waals surface area contributed by atoms with E-state index in [-0.39, 0.29) is 33.3 Å². The summed E-state index contributed by atoms with van der Waals surface area (Å²) in [5.41, 5.74) is 7.50. The second-order valence-corrected chi connectivity index (χ2v) is 7.52. The number of aromatic amines is 1. The fourth-order valence-corrected chi connectivity index (χ4v) is 3.89. The van der Waals surface area contributed by atoms with Crippen LogP contribution in [0, 0.1) is 22.7 Å². The van der Waals surface area contributed by atoms with Gasteiger partial charge >= 0.3 is 0 Å². The molecule has 30 heavy (non-hydrogen) atoms. The van der Waals surface area contributed by atoms with Gasteiger partial charge in [-0.05, 0) is 28.8 Å². The summed E-state index contributed by atoms with van der Waals surface area (Å²) in [6.07, 6.45) is 0. The number of benzene rings is 2. The number of thioether (sulfide) groups is 1. The Morgan fingerprint density at radius 3 is 2.30 bits per heavy atom. The Balaban J connectivity index is 2.30. The van der Waals surface area contributed by atoms with E-state index in [4.69, 9.17) is 23.2 Å². The molecule has 5 N–H and O–H groups in total. The van der Waals surface area contributed by atoms with Crippen molar-refractivity contribution in [3.05, 3.63) is 75.0 Å². The number of hydrogen-bond donors (Lipinski definition) is 3. The quantitative estimate of drug-likeness (QED) is 0.184. The number of aromatic nitrogens is 1. The molecule has 0 unspecified atom stereocenters. The molecule has 148 valence electrons. The summed E-state index contributed by atoms with van der Waals surface area (Å²) in [7, 11) is 0. The van der Waals surface area contributed by atoms with Gasteiger partial charge in [0, 0.05) is 10.6 Å². The molecule has 0 bridgehead atoms. The topological polar surface area (TPSA) is 145 Å². The third kappa shape index (κ3) is 4.15. The molecule has 1 heterocycles. The van der Waals surface area contributed by atoms with Gasteiger partial charge in [0.2, 0.25) is 0 Å². The molecule has 3 rings (SSSR count). The van der Waals surface area contributed by atoms with Crippen LogP contribution >= 0.6 is 23.4 Å². The first kappa shape index (κ1) is 21.0. The lowest BCUT2D eigenvalue weighted by atomic mass is 9.90. The molecule has 0 saturated carbocycles. The summed E-state index contributed by atoms with van der Waals surface area (Å²) in [5, 5.41) is 23.8. The molecule has 0 aliphatic heterocycles. The van der Waals surface area contributed by atoms with Crippen LogP contribution in [0.5, 0.6) is 0 Å². The van der Waals surface area contributed by atoms with Gasteiger partial charge in [0.15, 0.2) is 0 Å². The van der Waals surface area contributed by atoms with Crippen molar-refractivity contribution in [3.8, 4) is 34.4 Å². The fourth-order valence-electron chi connectivity index (χ4n) is 2.94. The van der Waals surface area contributed by atoms with Gasteiger partial charge in [0.1, 0.15) is 23.5 Å². The van der Waals surface area contributed by atoms with E-state index < -0.39 is 5.56 Å². The molecule has 0 saturated heterocycles. The lowest BCUT2D eigenvalue weighted by Gasteiger charge is -2.15. The zero-order valence-electron chi connectivity index (χ0n) is 15.5. The summed E-state index contributed by atoms with van der Waals surface area (Å²) >= 11 is 7.11. The summed E-state index contributed by atoms with van der Waals surface area (Å²) in [6.45, 7) is 0. The van der Waals surface area contributed by atoms with Gasteiger partial charge in [-0.15, -0.1) is 0 Å². The molecular weight excluding hydrogens is 420 g/mol. The number of hydrogen-bond acceptors (Lipinski definition) is 6. The van der Waals surface area contributed by atoms with Crippen molar-refractivity contribution >= 4 is 29.2 Å². The molecule has 2 aromatic carbocycles. The van der Waals surface area contributed by atoms with Crippen molar-refractivity contribution in [1.82, 2.24) is 4.98 Å². The average Bonchev–Trinajstić information content (AvgIpc) is 2.77. The second-order valence-electron chi connectivity index (χ2n) is 6.09. The maximum Gasteiger partial charge on any atom is 0.267 e. The molecule has 0 fully saturated rings. The van der Waals surface area contributed by atoms with Crippen molar-refractivity contribution < 1.29 is 0 Å². The minimum atomic E-state index is -0.594. The maximum absolute atomic E-state index is 12.6. The van der Waals surface area contributed by atoms with Gasteiger partial charge in [0.05, 0.1) is 16.3 Å². The zero-order chi connectivity index (χ0) is 21.7. The molecule has 3 aromatic rings. The number of halogens is 1. The highest BCUT2D eigenvalue weighted by Gasteiger charge is 2.22. The highest BCUT2D eigenvalue weighted by atomic mass is 35.5. The number of nitriles is 2. The average molecular weight is 435 g/mol. The number of H-pyrrole nitrogens is 1. The van der Waals surface area contributed by atoms with Gasteiger partial charge in [-0.2, -0.15) is 15.6 Å². The third-order valence-corrected chi connectivity index (χ3v) is 5.57. The van der Waals surface area contributed by atoms with E-state index in [2.05, 4.69) is 16.2 Å². The predicted octanol–water partition coefficient (Wildman–Crippen LogP) is 3.43. The molecule has 0 aliphatic carbocycles. The minimum absolute atomic E-state index is 0.141. The largest absolute Gasteiger partial charge is 0.385 e. The second kappa shape index (κ2) is 9.19. The Kier molecular flexibility index (Phi) is 6.43. The van der Waals surface area contributed by atoms with E-state index in [1.165, 1.54) is 0 Å². The van der Waals surface area contributed by atoms with Crippen molar-refractivity contribution in [2.45, 2.75) is 5.03 Å². The van der Waals surface area contributed by atoms with Crippen molar-refractivity contribution in [2.24, 2.45) is 16.7 Å². The molecule has 7 nitrogen and oxygen atoms in total. The Bertz CT molecular complexity index is 1270. The van der Waals surface area contributed by atoms with Gasteiger partial charge in [-0.1, -0.05) is 59.8 Å². The molecule has 0 aliphatic rings. The number of nitrogens with two attached hydrogens (primary N) is 2. The minimum Gasteiger partial charge on any atom is -0.385 e. The first-order valence-electron chi connectivity index (χ1n) is 8.61. The van der Waals surface area contributed by atoms with Crippen LogP contribution < -0.4 is 17.1 Å². The van der Waals surface area contributed by atoms with Crippen LogP contribution in [-0.2, 0) is 0 Å². The lowest BCUT2D eigenvalue weighted by Crippen LogP contribution is -2.19.